The Morgan fingerprint density at radius 3 is 2.82 bits per heavy atom. The lowest BCUT2D eigenvalue weighted by Gasteiger charge is -2.27. The Hall–Kier alpha value is -0.550. The van der Waals surface area contributed by atoms with Crippen LogP contribution in [0.5, 0.6) is 0 Å². The molecule has 0 aliphatic heterocycles. The van der Waals surface area contributed by atoms with Gasteiger partial charge in [-0.05, 0) is 18.8 Å². The van der Waals surface area contributed by atoms with Crippen molar-refractivity contribution in [2.45, 2.75) is 44.8 Å². The van der Waals surface area contributed by atoms with E-state index in [1.165, 1.54) is 0 Å². The molecule has 0 spiro atoms. The minimum atomic E-state index is -0.355. The van der Waals surface area contributed by atoms with Gasteiger partial charge in [-0.15, -0.1) is 0 Å². The molecule has 0 amide bonds. The van der Waals surface area contributed by atoms with E-state index in [1.54, 1.807) is 0 Å². The molecule has 0 aromatic heterocycles. The van der Waals surface area contributed by atoms with Crippen LogP contribution < -0.4 is 0 Å². The highest BCUT2D eigenvalue weighted by molar-refractivity contribution is 4.92. The Balaban J connectivity index is 2.53. The summed E-state index contributed by atoms with van der Waals surface area (Å²) in [6.45, 7) is 8.94. The standard InChI is InChI=1S/C9H15NO/c1-3-7-5-4-6-8(10-2)9(7)11/h7-9,11H,3-6H2,1H3/t7-,8-,9+/m0/s1. The van der Waals surface area contributed by atoms with Crippen molar-refractivity contribution < 1.29 is 5.11 Å². The van der Waals surface area contributed by atoms with Crippen molar-refractivity contribution in [3.8, 4) is 0 Å². The van der Waals surface area contributed by atoms with E-state index in [9.17, 15) is 5.11 Å². The molecule has 0 bridgehead atoms. The number of nitrogens with zero attached hydrogens (tertiary/aromatic N) is 1. The molecule has 0 radical (unpaired) electrons. The van der Waals surface area contributed by atoms with Crippen LogP contribution in [0, 0.1) is 12.5 Å². The molecule has 1 rings (SSSR count). The van der Waals surface area contributed by atoms with Gasteiger partial charge in [-0.25, -0.2) is 6.57 Å². The molecule has 0 heterocycles. The topological polar surface area (TPSA) is 24.6 Å². The van der Waals surface area contributed by atoms with Crippen LogP contribution in [0.1, 0.15) is 32.6 Å². The van der Waals surface area contributed by atoms with Crippen LogP contribution in [0.15, 0.2) is 0 Å². The zero-order chi connectivity index (χ0) is 8.27. The minimum absolute atomic E-state index is 0.117. The third-order valence-corrected chi connectivity index (χ3v) is 2.64. The lowest BCUT2D eigenvalue weighted by molar-refractivity contribution is 0.0614. The Kier molecular flexibility index (Phi) is 2.90. The maximum Gasteiger partial charge on any atom is 0.249 e. The van der Waals surface area contributed by atoms with Crippen LogP contribution in [-0.4, -0.2) is 17.3 Å². The molecule has 62 valence electrons. The maximum absolute atomic E-state index is 9.61. The van der Waals surface area contributed by atoms with Gasteiger partial charge in [0, 0.05) is 6.42 Å². The molecule has 0 saturated heterocycles. The molecule has 0 unspecified atom stereocenters. The second kappa shape index (κ2) is 3.73. The van der Waals surface area contributed by atoms with Crippen LogP contribution in [0.4, 0.5) is 0 Å². The third-order valence-electron chi connectivity index (χ3n) is 2.64. The summed E-state index contributed by atoms with van der Waals surface area (Å²) in [5, 5.41) is 9.61. The lowest BCUT2D eigenvalue weighted by Crippen LogP contribution is -2.34. The fourth-order valence-corrected chi connectivity index (χ4v) is 1.83. The summed E-state index contributed by atoms with van der Waals surface area (Å²) in [5.41, 5.74) is 0. The van der Waals surface area contributed by atoms with Gasteiger partial charge >= 0.3 is 0 Å². The van der Waals surface area contributed by atoms with Crippen molar-refractivity contribution in [3.63, 3.8) is 0 Å². The van der Waals surface area contributed by atoms with Gasteiger partial charge in [0.25, 0.3) is 0 Å². The first kappa shape index (κ1) is 8.55. The SMILES string of the molecule is [C-]#[N+][C@H]1CCC[C@H](CC)[C@H]1O. The Labute approximate surface area is 68.0 Å². The van der Waals surface area contributed by atoms with E-state index in [4.69, 9.17) is 6.57 Å². The van der Waals surface area contributed by atoms with Crippen LogP contribution in [0.3, 0.4) is 0 Å². The summed E-state index contributed by atoms with van der Waals surface area (Å²) in [6.07, 6.45) is 3.76. The molecule has 2 nitrogen and oxygen atoms in total. The van der Waals surface area contributed by atoms with Crippen molar-refractivity contribution in [2.24, 2.45) is 5.92 Å². The van der Waals surface area contributed by atoms with Gasteiger partial charge < -0.3 is 9.95 Å². The number of hydrogen-bond donors (Lipinski definition) is 1. The van der Waals surface area contributed by atoms with Gasteiger partial charge in [0.15, 0.2) is 0 Å². The van der Waals surface area contributed by atoms with E-state index in [0.717, 1.165) is 25.7 Å². The summed E-state index contributed by atoms with van der Waals surface area (Å²) in [7, 11) is 0. The average molecular weight is 153 g/mol. The number of hydrogen-bond acceptors (Lipinski definition) is 1. The highest BCUT2D eigenvalue weighted by Gasteiger charge is 2.34. The van der Waals surface area contributed by atoms with Crippen LogP contribution >= 0.6 is 0 Å². The van der Waals surface area contributed by atoms with E-state index >= 15 is 0 Å². The van der Waals surface area contributed by atoms with E-state index in [2.05, 4.69) is 11.8 Å². The average Bonchev–Trinajstić information content (AvgIpc) is 2.05. The highest BCUT2D eigenvalue weighted by atomic mass is 16.3. The second-order valence-electron chi connectivity index (χ2n) is 3.29. The minimum Gasteiger partial charge on any atom is -0.385 e. The van der Waals surface area contributed by atoms with Gasteiger partial charge in [-0.1, -0.05) is 13.3 Å². The summed E-state index contributed by atoms with van der Waals surface area (Å²) in [4.78, 5) is 3.43. The van der Waals surface area contributed by atoms with Gasteiger partial charge in [0.2, 0.25) is 6.04 Å². The molecule has 0 aromatic rings. The van der Waals surface area contributed by atoms with Crippen molar-refractivity contribution in [1.29, 1.82) is 0 Å². The molecule has 1 aliphatic carbocycles. The van der Waals surface area contributed by atoms with E-state index in [0.29, 0.717) is 5.92 Å². The summed E-state index contributed by atoms with van der Waals surface area (Å²) < 4.78 is 0. The molecular weight excluding hydrogens is 138 g/mol. The third kappa shape index (κ3) is 1.72. The number of aliphatic hydroxyl groups excluding tert-OH is 1. The monoisotopic (exact) mass is 153 g/mol. The van der Waals surface area contributed by atoms with Gasteiger partial charge in [-0.2, -0.15) is 0 Å². The molecule has 1 N–H and O–H groups in total. The van der Waals surface area contributed by atoms with Crippen LogP contribution in [0.25, 0.3) is 4.85 Å². The lowest BCUT2D eigenvalue weighted by atomic mass is 9.82. The second-order valence-corrected chi connectivity index (χ2v) is 3.29. The quantitative estimate of drug-likeness (QED) is 0.571. The number of aliphatic hydroxyl groups is 1. The van der Waals surface area contributed by atoms with Crippen molar-refractivity contribution >= 4 is 0 Å². The summed E-state index contributed by atoms with van der Waals surface area (Å²) >= 11 is 0. The molecule has 1 aliphatic rings. The molecule has 3 atom stereocenters. The first-order valence-corrected chi connectivity index (χ1v) is 4.34. The van der Waals surface area contributed by atoms with Gasteiger partial charge in [0.1, 0.15) is 6.10 Å². The van der Waals surface area contributed by atoms with Gasteiger partial charge in [0.05, 0.1) is 0 Å². The molecule has 2 heteroatoms. The van der Waals surface area contributed by atoms with Crippen molar-refractivity contribution in [3.05, 3.63) is 11.4 Å². The predicted molar refractivity (Wildman–Crippen MR) is 44.0 cm³/mol. The molecule has 1 fully saturated rings. The summed E-state index contributed by atoms with van der Waals surface area (Å²) in [6, 6.07) is -0.117. The molecule has 0 aromatic carbocycles. The van der Waals surface area contributed by atoms with Crippen molar-refractivity contribution in [2.75, 3.05) is 0 Å². The largest absolute Gasteiger partial charge is 0.385 e. The fourth-order valence-electron chi connectivity index (χ4n) is 1.83. The Morgan fingerprint density at radius 2 is 2.27 bits per heavy atom. The normalized spacial score (nSPS) is 38.1. The van der Waals surface area contributed by atoms with Crippen molar-refractivity contribution in [1.82, 2.24) is 0 Å². The highest BCUT2D eigenvalue weighted by Crippen LogP contribution is 2.28. The smallest absolute Gasteiger partial charge is 0.249 e. The first-order chi connectivity index (χ1) is 5.29. The predicted octanol–water partition coefficient (Wildman–Crippen LogP) is 1.85. The van der Waals surface area contributed by atoms with E-state index in [1.807, 2.05) is 0 Å². The molecule has 1 saturated carbocycles. The first-order valence-electron chi connectivity index (χ1n) is 4.34. The molecular formula is C9H15NO. The molecule has 11 heavy (non-hydrogen) atoms. The van der Waals surface area contributed by atoms with Crippen LogP contribution in [-0.2, 0) is 0 Å². The zero-order valence-electron chi connectivity index (χ0n) is 6.95. The van der Waals surface area contributed by atoms with Crippen LogP contribution in [0.2, 0.25) is 0 Å². The zero-order valence-corrected chi connectivity index (χ0v) is 6.95. The van der Waals surface area contributed by atoms with Gasteiger partial charge in [-0.3, -0.25) is 0 Å². The Morgan fingerprint density at radius 1 is 1.55 bits per heavy atom. The van der Waals surface area contributed by atoms with E-state index < -0.39 is 0 Å². The number of rotatable bonds is 1. The summed E-state index contributed by atoms with van der Waals surface area (Å²) in [5.74, 6) is 0.378. The van der Waals surface area contributed by atoms with E-state index in [-0.39, 0.29) is 12.1 Å². The Bertz CT molecular complexity index is 161. The fraction of sp³-hybridized carbons (Fsp3) is 0.889. The maximum atomic E-state index is 9.61.